The summed E-state index contributed by atoms with van der Waals surface area (Å²) in [6, 6.07) is 5.81. The summed E-state index contributed by atoms with van der Waals surface area (Å²) >= 11 is 0. The van der Waals surface area contributed by atoms with Gasteiger partial charge in [-0.25, -0.2) is 12.8 Å². The molecule has 8 heteroatoms. The zero-order chi connectivity index (χ0) is 15.7. The van der Waals surface area contributed by atoms with Gasteiger partial charge >= 0.3 is 0 Å². The van der Waals surface area contributed by atoms with E-state index in [1.54, 1.807) is 12.1 Å². The number of aromatic nitrogens is 2. The molecule has 1 fully saturated rings. The molecule has 2 aromatic rings. The minimum absolute atomic E-state index is 0.0221. The van der Waals surface area contributed by atoms with Gasteiger partial charge in [0.2, 0.25) is 11.7 Å². The minimum atomic E-state index is -2.92. The van der Waals surface area contributed by atoms with E-state index >= 15 is 0 Å². The molecule has 3 rings (SSSR count). The molecule has 22 heavy (non-hydrogen) atoms. The van der Waals surface area contributed by atoms with Crippen molar-refractivity contribution in [3.8, 4) is 11.4 Å². The smallest absolute Gasteiger partial charge is 0.241 e. The number of sulfone groups is 1. The molecule has 0 spiro atoms. The Morgan fingerprint density at radius 3 is 2.73 bits per heavy atom. The third kappa shape index (κ3) is 3.33. The van der Waals surface area contributed by atoms with Crippen molar-refractivity contribution in [1.29, 1.82) is 0 Å². The van der Waals surface area contributed by atoms with Crippen LogP contribution in [0.3, 0.4) is 0 Å². The molecule has 0 bridgehead atoms. The summed E-state index contributed by atoms with van der Waals surface area (Å²) in [6.45, 7) is 0.383. The molecule has 6 nitrogen and oxygen atoms in total. The third-order valence-electron chi connectivity index (χ3n) is 3.79. The van der Waals surface area contributed by atoms with Crippen LogP contribution in [0.15, 0.2) is 28.8 Å². The van der Waals surface area contributed by atoms with E-state index in [-0.39, 0.29) is 23.4 Å². The predicted octanol–water partition coefficient (Wildman–Crippen LogP) is 1.49. The number of halogens is 1. The second kappa shape index (κ2) is 5.77. The van der Waals surface area contributed by atoms with E-state index in [4.69, 9.17) is 4.52 Å². The maximum Gasteiger partial charge on any atom is 0.241 e. The van der Waals surface area contributed by atoms with Crippen LogP contribution in [-0.4, -0.2) is 48.1 Å². The van der Waals surface area contributed by atoms with Crippen molar-refractivity contribution in [2.24, 2.45) is 0 Å². The van der Waals surface area contributed by atoms with Gasteiger partial charge in [-0.15, -0.1) is 0 Å². The lowest BCUT2D eigenvalue weighted by Crippen LogP contribution is -2.32. The number of nitrogens with zero attached hydrogens (tertiary/aromatic N) is 3. The monoisotopic (exact) mass is 325 g/mol. The fraction of sp³-hybridized carbons (Fsp3) is 0.429. The van der Waals surface area contributed by atoms with Crippen LogP contribution in [0, 0.1) is 5.82 Å². The fourth-order valence-electron chi connectivity index (χ4n) is 2.50. The molecule has 0 N–H and O–H groups in total. The first-order valence-electron chi connectivity index (χ1n) is 6.92. The third-order valence-corrected chi connectivity index (χ3v) is 5.54. The highest BCUT2D eigenvalue weighted by atomic mass is 32.2. The lowest BCUT2D eigenvalue weighted by molar-refractivity contribution is 0.218. The molecule has 1 saturated heterocycles. The molecule has 1 aromatic heterocycles. The molecule has 0 amide bonds. The largest absolute Gasteiger partial charge is 0.338 e. The molecule has 1 aliphatic rings. The van der Waals surface area contributed by atoms with Gasteiger partial charge in [0.05, 0.1) is 18.1 Å². The van der Waals surface area contributed by atoms with Crippen molar-refractivity contribution in [2.45, 2.75) is 19.0 Å². The van der Waals surface area contributed by atoms with Crippen molar-refractivity contribution < 1.29 is 17.3 Å². The minimum Gasteiger partial charge on any atom is -0.338 e. The lowest BCUT2D eigenvalue weighted by atomic mass is 10.2. The van der Waals surface area contributed by atoms with Gasteiger partial charge in [0.1, 0.15) is 5.82 Å². The van der Waals surface area contributed by atoms with E-state index in [2.05, 4.69) is 10.1 Å². The van der Waals surface area contributed by atoms with Crippen LogP contribution in [-0.2, 0) is 16.4 Å². The van der Waals surface area contributed by atoms with Gasteiger partial charge in [0, 0.05) is 11.6 Å². The van der Waals surface area contributed by atoms with Crippen LogP contribution in [0.2, 0.25) is 0 Å². The molecular weight excluding hydrogens is 309 g/mol. The normalized spacial score (nSPS) is 20.6. The second-order valence-electron chi connectivity index (χ2n) is 5.49. The summed E-state index contributed by atoms with van der Waals surface area (Å²) in [5, 5.41) is 3.87. The zero-order valence-electron chi connectivity index (χ0n) is 12.1. The number of benzene rings is 1. The van der Waals surface area contributed by atoms with E-state index in [1.165, 1.54) is 12.1 Å². The van der Waals surface area contributed by atoms with Gasteiger partial charge in [0.15, 0.2) is 9.84 Å². The van der Waals surface area contributed by atoms with Crippen molar-refractivity contribution >= 4 is 9.84 Å². The number of hydrogen-bond acceptors (Lipinski definition) is 6. The highest BCUT2D eigenvalue weighted by Gasteiger charge is 2.31. The van der Waals surface area contributed by atoms with Gasteiger partial charge in [-0.2, -0.15) is 4.98 Å². The molecule has 1 unspecified atom stereocenters. The Morgan fingerprint density at radius 1 is 1.36 bits per heavy atom. The van der Waals surface area contributed by atoms with E-state index in [9.17, 15) is 12.8 Å². The summed E-state index contributed by atoms with van der Waals surface area (Å²) in [4.78, 5) is 6.18. The summed E-state index contributed by atoms with van der Waals surface area (Å²) < 4.78 is 41.1. The van der Waals surface area contributed by atoms with E-state index in [0.717, 1.165) is 0 Å². The van der Waals surface area contributed by atoms with Gasteiger partial charge in [-0.05, 0) is 37.7 Å². The van der Waals surface area contributed by atoms with Crippen LogP contribution < -0.4 is 0 Å². The van der Waals surface area contributed by atoms with Gasteiger partial charge in [-0.3, -0.25) is 4.90 Å². The van der Waals surface area contributed by atoms with Crippen molar-refractivity contribution in [2.75, 3.05) is 18.6 Å². The first kappa shape index (κ1) is 15.1. The van der Waals surface area contributed by atoms with Crippen LogP contribution in [0.25, 0.3) is 11.4 Å². The highest BCUT2D eigenvalue weighted by Crippen LogP contribution is 2.20. The summed E-state index contributed by atoms with van der Waals surface area (Å²) in [5.74, 6) is 0.873. The Morgan fingerprint density at radius 2 is 2.09 bits per heavy atom. The summed E-state index contributed by atoms with van der Waals surface area (Å²) in [6.07, 6.45) is 0.623. The van der Waals surface area contributed by atoms with E-state index in [1.807, 2.05) is 11.9 Å². The average molecular weight is 325 g/mol. The Kier molecular flexibility index (Phi) is 3.96. The number of rotatable bonds is 4. The topological polar surface area (TPSA) is 76.3 Å². The molecule has 2 heterocycles. The van der Waals surface area contributed by atoms with Gasteiger partial charge in [-0.1, -0.05) is 5.16 Å². The van der Waals surface area contributed by atoms with Crippen LogP contribution in [0.5, 0.6) is 0 Å². The molecule has 1 aromatic carbocycles. The van der Waals surface area contributed by atoms with Crippen molar-refractivity contribution in [1.82, 2.24) is 15.0 Å². The highest BCUT2D eigenvalue weighted by molar-refractivity contribution is 7.91. The van der Waals surface area contributed by atoms with E-state index in [0.29, 0.717) is 30.2 Å². The molecule has 0 radical (unpaired) electrons. The molecule has 1 aliphatic heterocycles. The number of hydrogen-bond donors (Lipinski definition) is 0. The van der Waals surface area contributed by atoms with Gasteiger partial charge < -0.3 is 4.52 Å². The van der Waals surface area contributed by atoms with E-state index < -0.39 is 9.84 Å². The Bertz CT molecular complexity index is 758. The van der Waals surface area contributed by atoms with Gasteiger partial charge in [0.25, 0.3) is 0 Å². The van der Waals surface area contributed by atoms with Crippen LogP contribution >= 0.6 is 0 Å². The van der Waals surface area contributed by atoms with Crippen molar-refractivity contribution in [3.05, 3.63) is 36.0 Å². The molecule has 1 atom stereocenters. The van der Waals surface area contributed by atoms with Crippen LogP contribution in [0.4, 0.5) is 4.39 Å². The fourth-order valence-corrected chi connectivity index (χ4v) is 4.31. The first-order chi connectivity index (χ1) is 10.4. The maximum absolute atomic E-state index is 12.9. The average Bonchev–Trinajstić information content (AvgIpc) is 3.06. The SMILES string of the molecule is CN(Cc1nc(-c2ccc(F)cc2)no1)C1CCS(=O)(=O)C1. The molecule has 118 valence electrons. The maximum atomic E-state index is 12.9. The predicted molar refractivity (Wildman–Crippen MR) is 78.2 cm³/mol. The first-order valence-corrected chi connectivity index (χ1v) is 8.74. The molecular formula is C14H16FN3O3S. The summed E-state index contributed by atoms with van der Waals surface area (Å²) in [5.41, 5.74) is 0.669. The Hall–Kier alpha value is -1.80. The molecule has 0 aliphatic carbocycles. The van der Waals surface area contributed by atoms with Crippen molar-refractivity contribution in [3.63, 3.8) is 0 Å². The van der Waals surface area contributed by atoms with Crippen LogP contribution in [0.1, 0.15) is 12.3 Å². The lowest BCUT2D eigenvalue weighted by Gasteiger charge is -2.20. The Labute approximate surface area is 127 Å². The zero-order valence-corrected chi connectivity index (χ0v) is 12.9. The Balaban J connectivity index is 1.68. The second-order valence-corrected chi connectivity index (χ2v) is 7.72. The molecule has 0 saturated carbocycles. The summed E-state index contributed by atoms with van der Waals surface area (Å²) in [7, 11) is -1.08. The standard InChI is InChI=1S/C14H16FN3O3S/c1-18(12-6-7-22(19,20)9-12)8-13-16-14(17-21-13)10-2-4-11(15)5-3-10/h2-5,12H,6-9H2,1H3. The quantitative estimate of drug-likeness (QED) is 0.848.